The SMILES string of the molecule is Cc1ncsc1-c1ccc(CNC(=O)[C@@H]2C[C@@H](O)CN2C(=O)C(NC(=O)COCCCCCCOCC(=O)Nc2ccc(C(=O)Nc3ccccc3N)cc2)C(C)(C)C)cc1. The predicted octanol–water partition coefficient (Wildman–Crippen LogP) is 5.29. The number of anilines is 3. The van der Waals surface area contributed by atoms with E-state index in [-0.39, 0.29) is 50.4 Å². The molecular formula is C45H57N7O8S. The van der Waals surface area contributed by atoms with Gasteiger partial charge in [-0.1, -0.05) is 70.0 Å². The lowest BCUT2D eigenvalue weighted by molar-refractivity contribution is -0.144. The maximum absolute atomic E-state index is 13.9. The Bertz CT molecular complexity index is 2100. The van der Waals surface area contributed by atoms with Crippen molar-refractivity contribution in [3.05, 3.63) is 95.1 Å². The molecule has 5 rings (SSSR count). The van der Waals surface area contributed by atoms with E-state index in [9.17, 15) is 29.1 Å². The van der Waals surface area contributed by atoms with Gasteiger partial charge in [-0.15, -0.1) is 11.3 Å². The lowest BCUT2D eigenvalue weighted by atomic mass is 9.85. The lowest BCUT2D eigenvalue weighted by Crippen LogP contribution is -2.58. The van der Waals surface area contributed by atoms with Crippen LogP contribution in [0.2, 0.25) is 0 Å². The zero-order valence-corrected chi connectivity index (χ0v) is 36.0. The standard InChI is InChI=1S/C45H57N7O8S/c1-29-40(61-28-48-29)31-15-13-30(14-16-31)24-47-43(57)37-23-34(53)25-52(37)44(58)41(45(2,3)4)51-39(55)27-60-22-10-6-5-9-21-59-26-38(54)49-33-19-17-32(18-20-33)42(56)50-36-12-8-7-11-35(36)46/h7-8,11-20,28,34,37,41,53H,5-6,9-10,21-27,46H2,1-4H3,(H,47,57)(H,49,54)(H,50,56)(H,51,55)/t34-,37+,41?/m1/s1. The van der Waals surface area contributed by atoms with E-state index < -0.39 is 35.4 Å². The number of aliphatic hydroxyl groups is 1. The number of ether oxygens (including phenoxy) is 2. The summed E-state index contributed by atoms with van der Waals surface area (Å²) in [6.07, 6.45) is 2.35. The normalized spacial score (nSPS) is 15.5. The molecule has 1 unspecified atom stereocenters. The molecule has 0 aliphatic carbocycles. The number of nitrogen functional groups attached to an aromatic ring is 1. The number of likely N-dealkylation sites (tertiary alicyclic amines) is 1. The Morgan fingerprint density at radius 2 is 1.54 bits per heavy atom. The molecule has 61 heavy (non-hydrogen) atoms. The zero-order valence-electron chi connectivity index (χ0n) is 35.2. The van der Waals surface area contributed by atoms with Gasteiger partial charge >= 0.3 is 0 Å². The van der Waals surface area contributed by atoms with Crippen molar-refractivity contribution in [1.82, 2.24) is 20.5 Å². The molecule has 15 nitrogen and oxygen atoms in total. The average molecular weight is 856 g/mol. The van der Waals surface area contributed by atoms with Crippen molar-refractivity contribution in [1.29, 1.82) is 0 Å². The minimum atomic E-state index is -0.950. The Labute approximate surface area is 360 Å². The maximum atomic E-state index is 13.9. The summed E-state index contributed by atoms with van der Waals surface area (Å²) >= 11 is 1.57. The van der Waals surface area contributed by atoms with Crippen LogP contribution in [0.25, 0.3) is 10.4 Å². The first kappa shape index (κ1) is 46.4. The molecule has 7 N–H and O–H groups in total. The number of hydrogen-bond acceptors (Lipinski definition) is 11. The average Bonchev–Trinajstić information content (AvgIpc) is 3.85. The fourth-order valence-electron chi connectivity index (χ4n) is 6.78. The molecule has 5 amide bonds. The number of carbonyl (C=O) groups excluding carboxylic acids is 5. The van der Waals surface area contributed by atoms with Crippen LogP contribution < -0.4 is 27.0 Å². The highest BCUT2D eigenvalue weighted by atomic mass is 32.1. The van der Waals surface area contributed by atoms with Crippen molar-refractivity contribution in [3.8, 4) is 10.4 Å². The van der Waals surface area contributed by atoms with Crippen molar-refractivity contribution >= 4 is 57.9 Å². The zero-order chi connectivity index (χ0) is 43.9. The number of thiazole rings is 1. The van der Waals surface area contributed by atoms with Crippen molar-refractivity contribution in [2.24, 2.45) is 5.41 Å². The van der Waals surface area contributed by atoms with Crippen molar-refractivity contribution in [2.45, 2.75) is 84.5 Å². The molecule has 0 spiro atoms. The van der Waals surface area contributed by atoms with Gasteiger partial charge < -0.3 is 46.5 Å². The molecule has 4 aromatic rings. The van der Waals surface area contributed by atoms with Crippen LogP contribution in [0, 0.1) is 12.3 Å². The van der Waals surface area contributed by atoms with Crippen LogP contribution in [-0.2, 0) is 35.2 Å². The Hall–Kier alpha value is -5.68. The first-order valence-electron chi connectivity index (χ1n) is 20.5. The summed E-state index contributed by atoms with van der Waals surface area (Å²) in [5.41, 5.74) is 11.9. The van der Waals surface area contributed by atoms with E-state index >= 15 is 0 Å². The molecule has 326 valence electrons. The van der Waals surface area contributed by atoms with E-state index in [1.165, 1.54) is 4.90 Å². The summed E-state index contributed by atoms with van der Waals surface area (Å²) in [5.74, 6) is -1.88. The summed E-state index contributed by atoms with van der Waals surface area (Å²) in [6.45, 7) is 8.11. The Balaban J connectivity index is 0.945. The maximum Gasteiger partial charge on any atom is 0.255 e. The Morgan fingerprint density at radius 1 is 0.885 bits per heavy atom. The van der Waals surface area contributed by atoms with Crippen LogP contribution in [0.4, 0.5) is 17.1 Å². The summed E-state index contributed by atoms with van der Waals surface area (Å²) in [5, 5.41) is 21.8. The van der Waals surface area contributed by atoms with Crippen LogP contribution >= 0.6 is 11.3 Å². The molecule has 0 saturated carbocycles. The highest BCUT2D eigenvalue weighted by Crippen LogP contribution is 2.28. The number of para-hydroxylation sites is 2. The summed E-state index contributed by atoms with van der Waals surface area (Å²) in [4.78, 5) is 71.9. The van der Waals surface area contributed by atoms with Gasteiger partial charge in [0.15, 0.2) is 0 Å². The van der Waals surface area contributed by atoms with Crippen molar-refractivity contribution < 1.29 is 38.6 Å². The lowest BCUT2D eigenvalue weighted by Gasteiger charge is -2.35. The number of nitrogens with zero attached hydrogens (tertiary/aromatic N) is 2. The Morgan fingerprint density at radius 3 is 2.16 bits per heavy atom. The third-order valence-corrected chi connectivity index (χ3v) is 11.1. The van der Waals surface area contributed by atoms with E-state index in [0.29, 0.717) is 42.3 Å². The number of nitrogens with two attached hydrogens (primary N) is 1. The predicted molar refractivity (Wildman–Crippen MR) is 236 cm³/mol. The van der Waals surface area contributed by atoms with Gasteiger partial charge in [-0.25, -0.2) is 4.98 Å². The molecule has 1 aromatic heterocycles. The summed E-state index contributed by atoms with van der Waals surface area (Å²) < 4.78 is 11.1. The number of amides is 5. The summed E-state index contributed by atoms with van der Waals surface area (Å²) in [7, 11) is 0. The van der Waals surface area contributed by atoms with Crippen LogP contribution in [-0.4, -0.2) is 95.7 Å². The number of aromatic nitrogens is 1. The van der Waals surface area contributed by atoms with Gasteiger partial charge in [0, 0.05) is 44.0 Å². The number of β-amino-alcohol motifs (C(OH)–C–C–N with tert-alkyl or cyclic N) is 1. The van der Waals surface area contributed by atoms with Crippen LogP contribution in [0.15, 0.2) is 78.3 Å². The van der Waals surface area contributed by atoms with Gasteiger partial charge in [0.2, 0.25) is 23.6 Å². The number of unbranched alkanes of at least 4 members (excludes halogenated alkanes) is 3. The molecular weight excluding hydrogens is 799 g/mol. The van der Waals surface area contributed by atoms with E-state index in [2.05, 4.69) is 26.3 Å². The minimum absolute atomic E-state index is 0.0129. The molecule has 1 aliphatic heterocycles. The topological polar surface area (TPSA) is 214 Å². The largest absolute Gasteiger partial charge is 0.397 e. The van der Waals surface area contributed by atoms with E-state index in [1.807, 2.05) is 57.5 Å². The van der Waals surface area contributed by atoms with Gasteiger partial charge in [0.1, 0.15) is 25.3 Å². The highest BCUT2D eigenvalue weighted by molar-refractivity contribution is 7.13. The fraction of sp³-hybridized carbons (Fsp3) is 0.422. The third kappa shape index (κ3) is 13.9. The van der Waals surface area contributed by atoms with Gasteiger partial charge in [-0.3, -0.25) is 24.0 Å². The number of benzene rings is 3. The minimum Gasteiger partial charge on any atom is -0.397 e. The molecule has 16 heteroatoms. The highest BCUT2D eigenvalue weighted by Gasteiger charge is 2.44. The third-order valence-electron chi connectivity index (χ3n) is 10.1. The number of aryl methyl sites for hydroxylation is 1. The van der Waals surface area contributed by atoms with E-state index in [0.717, 1.165) is 41.0 Å². The first-order chi connectivity index (χ1) is 29.2. The van der Waals surface area contributed by atoms with Crippen LogP contribution in [0.1, 0.15) is 74.5 Å². The van der Waals surface area contributed by atoms with Gasteiger partial charge in [-0.2, -0.15) is 0 Å². The van der Waals surface area contributed by atoms with Gasteiger partial charge in [-0.05, 0) is 72.7 Å². The van der Waals surface area contributed by atoms with Crippen molar-refractivity contribution in [2.75, 3.05) is 49.3 Å². The van der Waals surface area contributed by atoms with Crippen LogP contribution in [0.5, 0.6) is 0 Å². The second kappa shape index (κ2) is 22.2. The van der Waals surface area contributed by atoms with E-state index in [1.54, 1.807) is 59.9 Å². The number of nitrogens with one attached hydrogen (secondary N) is 4. The number of rotatable bonds is 20. The van der Waals surface area contributed by atoms with Crippen LogP contribution in [0.3, 0.4) is 0 Å². The smallest absolute Gasteiger partial charge is 0.255 e. The fourth-order valence-corrected chi connectivity index (χ4v) is 7.59. The second-order valence-corrected chi connectivity index (χ2v) is 17.0. The molecule has 3 atom stereocenters. The van der Waals surface area contributed by atoms with Gasteiger partial charge in [0.05, 0.1) is 33.6 Å². The Kier molecular flexibility index (Phi) is 16.9. The molecule has 3 aromatic carbocycles. The quantitative estimate of drug-likeness (QED) is 0.0499. The monoisotopic (exact) mass is 855 g/mol. The first-order valence-corrected chi connectivity index (χ1v) is 21.3. The van der Waals surface area contributed by atoms with Gasteiger partial charge in [0.25, 0.3) is 5.91 Å². The molecule has 2 heterocycles. The molecule has 1 aliphatic rings. The molecule has 0 radical (unpaired) electrons. The van der Waals surface area contributed by atoms with E-state index in [4.69, 9.17) is 15.2 Å². The molecule has 1 fully saturated rings. The second-order valence-electron chi connectivity index (χ2n) is 16.1. The number of aliphatic hydroxyl groups excluding tert-OH is 1. The number of carbonyl (C=O) groups is 5. The summed E-state index contributed by atoms with van der Waals surface area (Å²) in [6, 6.07) is 19.5. The van der Waals surface area contributed by atoms with Crippen molar-refractivity contribution in [3.63, 3.8) is 0 Å². The molecule has 1 saturated heterocycles. The number of hydrogen-bond donors (Lipinski definition) is 6. The molecule has 0 bridgehead atoms.